The highest BCUT2D eigenvalue weighted by Crippen LogP contribution is 2.44. The molecule has 4 rings (SSSR count). The number of ether oxygens (including phenoxy) is 2. The van der Waals surface area contributed by atoms with E-state index in [1.54, 1.807) is 0 Å². The van der Waals surface area contributed by atoms with Crippen LogP contribution in [0.15, 0.2) is 72.8 Å². The number of fused-ring (bicyclic) bond motifs is 3. The summed E-state index contributed by atoms with van der Waals surface area (Å²) in [6.07, 6.45) is 0.736. The van der Waals surface area contributed by atoms with Crippen LogP contribution < -0.4 is 9.92 Å². The Hall–Kier alpha value is -3.69. The van der Waals surface area contributed by atoms with Crippen molar-refractivity contribution in [3.05, 3.63) is 89.5 Å². The summed E-state index contributed by atoms with van der Waals surface area (Å²) in [6.45, 7) is 0.101. The van der Waals surface area contributed by atoms with Gasteiger partial charge in [-0.3, -0.25) is 9.59 Å². The summed E-state index contributed by atoms with van der Waals surface area (Å²) in [6, 6.07) is 21.0. The normalized spacial score (nSPS) is 14.3. The second-order valence-electron chi connectivity index (χ2n) is 8.64. The molecule has 0 radical (unpaired) electrons. The fraction of sp³-hybridized carbons (Fsp3) is 0.259. The Morgan fingerprint density at radius 3 is 2.00 bits per heavy atom. The first-order valence-electron chi connectivity index (χ1n) is 11.3. The lowest BCUT2D eigenvalue weighted by Gasteiger charge is -2.23. The van der Waals surface area contributed by atoms with Crippen molar-refractivity contribution in [2.45, 2.75) is 24.3 Å². The minimum Gasteiger partial charge on any atom is -0.469 e. The molecule has 0 heterocycles. The third-order valence-corrected chi connectivity index (χ3v) is 6.65. The van der Waals surface area contributed by atoms with Gasteiger partial charge in [0.05, 0.1) is 25.7 Å². The third kappa shape index (κ3) is 5.58. The predicted molar refractivity (Wildman–Crippen MR) is 134 cm³/mol. The van der Waals surface area contributed by atoms with Crippen molar-refractivity contribution in [1.82, 2.24) is 0 Å². The maximum atomic E-state index is 13.4. The molecular weight excluding hydrogens is 482 g/mol. The van der Waals surface area contributed by atoms with Gasteiger partial charge in [0.15, 0.2) is 0 Å². The van der Waals surface area contributed by atoms with E-state index in [9.17, 15) is 18.0 Å². The van der Waals surface area contributed by atoms with Crippen LogP contribution in [-0.2, 0) is 29.2 Å². The van der Waals surface area contributed by atoms with Crippen molar-refractivity contribution in [2.75, 3.05) is 20.0 Å². The standard InChI is InChI=1S/C27H27NO7S/c1-33-25(29)15-24(28)26(17-11-13-18(14-12-17)35-36(2,31)32)27(30)34-16-23-21-9-5-3-7-19(21)20-8-4-6-10-22(20)23/h3-14,23-24,26H,15-16,28H2,1-2H3. The van der Waals surface area contributed by atoms with Gasteiger partial charge >= 0.3 is 22.1 Å². The van der Waals surface area contributed by atoms with Crippen molar-refractivity contribution in [1.29, 1.82) is 0 Å². The Balaban J connectivity index is 1.57. The molecule has 0 spiro atoms. The summed E-state index contributed by atoms with van der Waals surface area (Å²) in [7, 11) is -2.46. The summed E-state index contributed by atoms with van der Waals surface area (Å²) in [4.78, 5) is 25.3. The van der Waals surface area contributed by atoms with Crippen molar-refractivity contribution >= 4 is 22.1 Å². The number of carbonyl (C=O) groups excluding carboxylic acids is 2. The summed E-state index contributed by atoms with van der Waals surface area (Å²) < 4.78 is 38.2. The van der Waals surface area contributed by atoms with Gasteiger partial charge in [-0.15, -0.1) is 0 Å². The van der Waals surface area contributed by atoms with Crippen LogP contribution in [0.1, 0.15) is 34.9 Å². The van der Waals surface area contributed by atoms with E-state index in [1.165, 1.54) is 31.4 Å². The van der Waals surface area contributed by atoms with E-state index in [0.29, 0.717) is 5.56 Å². The quantitative estimate of drug-likeness (QED) is 0.344. The topological polar surface area (TPSA) is 122 Å². The average molecular weight is 510 g/mol. The van der Waals surface area contributed by atoms with Gasteiger partial charge in [-0.2, -0.15) is 8.42 Å². The molecule has 0 saturated carbocycles. The van der Waals surface area contributed by atoms with Crippen LogP contribution in [-0.4, -0.2) is 46.4 Å². The monoisotopic (exact) mass is 509 g/mol. The van der Waals surface area contributed by atoms with Crippen molar-refractivity contribution < 1.29 is 31.7 Å². The number of methoxy groups -OCH3 is 1. The lowest BCUT2D eigenvalue weighted by atomic mass is 9.90. The maximum absolute atomic E-state index is 13.4. The van der Waals surface area contributed by atoms with E-state index in [-0.39, 0.29) is 24.7 Å². The van der Waals surface area contributed by atoms with E-state index < -0.39 is 34.0 Å². The molecule has 9 heteroatoms. The zero-order valence-corrected chi connectivity index (χ0v) is 20.7. The van der Waals surface area contributed by atoms with E-state index in [1.807, 2.05) is 48.5 Å². The van der Waals surface area contributed by atoms with Gasteiger partial charge in [0.25, 0.3) is 0 Å². The number of carbonyl (C=O) groups is 2. The lowest BCUT2D eigenvalue weighted by molar-refractivity contribution is -0.147. The average Bonchev–Trinajstić information content (AvgIpc) is 3.16. The van der Waals surface area contributed by atoms with Crippen molar-refractivity contribution in [2.24, 2.45) is 5.73 Å². The highest BCUT2D eigenvalue weighted by molar-refractivity contribution is 7.86. The van der Waals surface area contributed by atoms with E-state index >= 15 is 0 Å². The molecule has 2 atom stereocenters. The minimum absolute atomic E-state index is 0.0917. The Kier molecular flexibility index (Phi) is 7.42. The molecular formula is C27H27NO7S. The van der Waals surface area contributed by atoms with Crippen LogP contribution in [0.2, 0.25) is 0 Å². The van der Waals surface area contributed by atoms with Crippen molar-refractivity contribution in [3.63, 3.8) is 0 Å². The smallest absolute Gasteiger partial charge is 0.315 e. The molecule has 8 nitrogen and oxygen atoms in total. The third-order valence-electron chi connectivity index (χ3n) is 6.15. The molecule has 0 aromatic heterocycles. The summed E-state index contributed by atoms with van der Waals surface area (Å²) in [5.74, 6) is -2.18. The van der Waals surface area contributed by atoms with Crippen LogP contribution in [0.4, 0.5) is 0 Å². The number of hydrogen-bond donors (Lipinski definition) is 1. The fourth-order valence-corrected chi connectivity index (χ4v) is 5.01. The molecule has 36 heavy (non-hydrogen) atoms. The first-order chi connectivity index (χ1) is 17.2. The number of hydrogen-bond acceptors (Lipinski definition) is 8. The van der Waals surface area contributed by atoms with Gasteiger partial charge in [-0.1, -0.05) is 60.7 Å². The van der Waals surface area contributed by atoms with Crippen LogP contribution in [0.3, 0.4) is 0 Å². The van der Waals surface area contributed by atoms with Gasteiger partial charge in [0, 0.05) is 12.0 Å². The van der Waals surface area contributed by atoms with Crippen molar-refractivity contribution in [3.8, 4) is 16.9 Å². The fourth-order valence-electron chi connectivity index (χ4n) is 4.55. The number of esters is 2. The van der Waals surface area contributed by atoms with Gasteiger partial charge < -0.3 is 19.4 Å². The first-order valence-corrected chi connectivity index (χ1v) is 13.2. The zero-order chi connectivity index (χ0) is 25.9. The predicted octanol–water partition coefficient (Wildman–Crippen LogP) is 3.35. The summed E-state index contributed by atoms with van der Waals surface area (Å²) in [5.41, 5.74) is 11.1. The molecule has 3 aromatic rings. The van der Waals surface area contributed by atoms with Gasteiger partial charge in [0.2, 0.25) is 0 Å². The largest absolute Gasteiger partial charge is 0.469 e. The summed E-state index contributed by atoms with van der Waals surface area (Å²) in [5, 5.41) is 0. The highest BCUT2D eigenvalue weighted by Gasteiger charge is 2.34. The number of nitrogens with two attached hydrogens (primary N) is 1. The Morgan fingerprint density at radius 1 is 0.917 bits per heavy atom. The summed E-state index contributed by atoms with van der Waals surface area (Å²) >= 11 is 0. The first kappa shape index (κ1) is 25.4. The molecule has 0 aliphatic heterocycles. The van der Waals surface area contributed by atoms with E-state index in [4.69, 9.17) is 19.4 Å². The van der Waals surface area contributed by atoms with Gasteiger partial charge in [0.1, 0.15) is 12.4 Å². The highest BCUT2D eigenvalue weighted by atomic mass is 32.2. The number of benzene rings is 3. The van der Waals surface area contributed by atoms with E-state index in [0.717, 1.165) is 28.5 Å². The Morgan fingerprint density at radius 2 is 1.47 bits per heavy atom. The van der Waals surface area contributed by atoms with Crippen LogP contribution in [0.5, 0.6) is 5.75 Å². The minimum atomic E-state index is -3.71. The SMILES string of the molecule is COC(=O)CC(N)C(C(=O)OCC1c2ccccc2-c2ccccc21)c1ccc(OS(C)(=O)=O)cc1. The van der Waals surface area contributed by atoms with Gasteiger partial charge in [-0.05, 0) is 39.9 Å². The van der Waals surface area contributed by atoms with Crippen LogP contribution >= 0.6 is 0 Å². The molecule has 0 fully saturated rings. The van der Waals surface area contributed by atoms with E-state index in [2.05, 4.69) is 0 Å². The Labute approximate surface area is 210 Å². The number of rotatable bonds is 9. The molecule has 0 saturated heterocycles. The second kappa shape index (κ2) is 10.5. The molecule has 3 aromatic carbocycles. The molecule has 1 aliphatic rings. The molecule has 2 unspecified atom stereocenters. The van der Waals surface area contributed by atoms with Crippen LogP contribution in [0, 0.1) is 0 Å². The van der Waals surface area contributed by atoms with Crippen LogP contribution in [0.25, 0.3) is 11.1 Å². The van der Waals surface area contributed by atoms with Gasteiger partial charge in [-0.25, -0.2) is 0 Å². The molecule has 188 valence electrons. The molecule has 0 amide bonds. The lowest BCUT2D eigenvalue weighted by Crippen LogP contribution is -2.37. The second-order valence-corrected chi connectivity index (χ2v) is 10.2. The maximum Gasteiger partial charge on any atom is 0.315 e. The Bertz CT molecular complexity index is 1320. The molecule has 1 aliphatic carbocycles. The molecule has 0 bridgehead atoms. The molecule has 2 N–H and O–H groups in total. The zero-order valence-electron chi connectivity index (χ0n) is 19.9.